The zero-order valence-electron chi connectivity index (χ0n) is 18.2. The Morgan fingerprint density at radius 2 is 1.66 bits per heavy atom. The molecular weight excluding hydrogens is 543 g/mol. The molecule has 0 aliphatic heterocycles. The number of aryl methyl sites for hydroxylation is 2. The molecule has 0 spiro atoms. The molecule has 0 unspecified atom stereocenters. The van der Waals surface area contributed by atoms with Crippen LogP contribution in [0.1, 0.15) is 41.7 Å². The molecule has 174 valence electrons. The minimum Gasteiger partial charge on any atom is -1.00 e. The first-order valence-corrected chi connectivity index (χ1v) is 11.9. The zero-order chi connectivity index (χ0) is 22.4. The van der Waals surface area contributed by atoms with Gasteiger partial charge >= 0.3 is 5.91 Å². The first kappa shape index (κ1) is 26.2. The minimum absolute atomic E-state index is 0. The van der Waals surface area contributed by atoms with Crippen molar-refractivity contribution in [2.45, 2.75) is 37.5 Å². The number of carbonyl (C=O) groups excluding carboxylic acids is 2. The monoisotopic (exact) mass is 572 g/mol. The van der Waals surface area contributed by atoms with Gasteiger partial charge in [0.1, 0.15) is 7.05 Å². The number of carbonyl (C=O) groups is 2. The van der Waals surface area contributed by atoms with Crippen LogP contribution in [0.25, 0.3) is 0 Å². The van der Waals surface area contributed by atoms with Crippen LogP contribution >= 0.6 is 0 Å². The molecule has 1 saturated carbocycles. The van der Waals surface area contributed by atoms with Crippen LogP contribution in [0.4, 0.5) is 0 Å². The molecule has 1 aromatic heterocycles. The number of benzene rings is 1. The summed E-state index contributed by atoms with van der Waals surface area (Å²) in [5.74, 6) is -0.613. The van der Waals surface area contributed by atoms with Gasteiger partial charge in [-0.1, -0.05) is 17.7 Å². The fourth-order valence-electron chi connectivity index (χ4n) is 3.70. The molecule has 1 aliphatic rings. The molecule has 3 rings (SSSR count). The van der Waals surface area contributed by atoms with Crippen LogP contribution in [0.2, 0.25) is 0 Å². The lowest BCUT2D eigenvalue weighted by Crippen LogP contribution is -3.00. The van der Waals surface area contributed by atoms with Gasteiger partial charge in [0.25, 0.3) is 5.69 Å². The van der Waals surface area contributed by atoms with Crippen molar-refractivity contribution in [2.75, 3.05) is 6.54 Å². The van der Waals surface area contributed by atoms with Crippen molar-refractivity contribution < 1.29 is 46.6 Å². The van der Waals surface area contributed by atoms with E-state index >= 15 is 0 Å². The summed E-state index contributed by atoms with van der Waals surface area (Å²) >= 11 is 0. The highest BCUT2D eigenvalue weighted by Gasteiger charge is 2.28. The average Bonchev–Trinajstić information content (AvgIpc) is 2.77. The van der Waals surface area contributed by atoms with Crippen molar-refractivity contribution in [3.8, 4) is 0 Å². The number of nitrogens with one attached hydrogen (secondary N) is 3. The van der Waals surface area contributed by atoms with E-state index in [0.29, 0.717) is 25.1 Å². The number of rotatable bonds is 6. The maximum absolute atomic E-state index is 12.4. The fraction of sp³-hybridized carbons (Fsp3) is 0.409. The number of aromatic nitrogens is 1. The second-order valence-corrected chi connectivity index (χ2v) is 9.79. The Morgan fingerprint density at radius 1 is 1.00 bits per heavy atom. The Morgan fingerprint density at radius 3 is 2.28 bits per heavy atom. The van der Waals surface area contributed by atoms with Crippen molar-refractivity contribution >= 4 is 21.8 Å². The summed E-state index contributed by atoms with van der Waals surface area (Å²) in [6.45, 7) is 2.26. The highest BCUT2D eigenvalue weighted by Crippen LogP contribution is 2.28. The van der Waals surface area contributed by atoms with Crippen LogP contribution in [0.3, 0.4) is 0 Å². The summed E-state index contributed by atoms with van der Waals surface area (Å²) < 4.78 is 29.2. The van der Waals surface area contributed by atoms with Crippen molar-refractivity contribution in [3.63, 3.8) is 0 Å². The Kier molecular flexibility index (Phi) is 9.59. The molecule has 0 radical (unpaired) electrons. The third-order valence-corrected chi connectivity index (χ3v) is 7.14. The van der Waals surface area contributed by atoms with Gasteiger partial charge in [-0.3, -0.25) is 20.4 Å². The largest absolute Gasteiger partial charge is 1.00 e. The zero-order valence-corrected chi connectivity index (χ0v) is 21.1. The summed E-state index contributed by atoms with van der Waals surface area (Å²) in [6, 6.07) is 12.0. The molecule has 10 heteroatoms. The van der Waals surface area contributed by atoms with Crippen molar-refractivity contribution in [2.24, 2.45) is 18.9 Å². The van der Waals surface area contributed by atoms with E-state index in [9.17, 15) is 18.0 Å². The van der Waals surface area contributed by atoms with Crippen LogP contribution in [0, 0.1) is 18.8 Å². The third kappa shape index (κ3) is 6.97. The van der Waals surface area contributed by atoms with Gasteiger partial charge in [0.05, 0.1) is 4.90 Å². The predicted molar refractivity (Wildman–Crippen MR) is 115 cm³/mol. The smallest absolute Gasteiger partial charge is 0.334 e. The van der Waals surface area contributed by atoms with Crippen molar-refractivity contribution in [1.82, 2.24) is 15.6 Å². The van der Waals surface area contributed by atoms with Crippen LogP contribution in [0.15, 0.2) is 53.6 Å². The van der Waals surface area contributed by atoms with Crippen LogP contribution < -0.4 is 44.1 Å². The Hall–Kier alpha value is -2.05. The summed E-state index contributed by atoms with van der Waals surface area (Å²) in [7, 11) is -1.78. The van der Waals surface area contributed by atoms with Gasteiger partial charge in [-0.2, -0.15) is 4.57 Å². The first-order valence-electron chi connectivity index (χ1n) is 10.4. The van der Waals surface area contributed by atoms with Gasteiger partial charge in [0, 0.05) is 24.6 Å². The van der Waals surface area contributed by atoms with Crippen LogP contribution in [0.5, 0.6) is 0 Å². The molecule has 3 N–H and O–H groups in total. The van der Waals surface area contributed by atoms with Crippen LogP contribution in [-0.4, -0.2) is 26.8 Å². The minimum atomic E-state index is -3.53. The number of amides is 2. The van der Waals surface area contributed by atoms with E-state index in [1.807, 2.05) is 13.0 Å². The van der Waals surface area contributed by atoms with Gasteiger partial charge in [-0.05, 0) is 56.7 Å². The number of hydrazine groups is 1. The quantitative estimate of drug-likeness (QED) is 0.220. The van der Waals surface area contributed by atoms with Crippen LogP contribution in [-0.2, 0) is 21.9 Å². The summed E-state index contributed by atoms with van der Waals surface area (Å²) in [5, 5.41) is 0. The van der Waals surface area contributed by atoms with Gasteiger partial charge in [-0.25, -0.2) is 13.1 Å². The van der Waals surface area contributed by atoms with E-state index in [-0.39, 0.29) is 52.5 Å². The molecule has 1 aliphatic carbocycles. The van der Waals surface area contributed by atoms with Crippen molar-refractivity contribution in [1.29, 1.82) is 0 Å². The lowest BCUT2D eigenvalue weighted by molar-refractivity contribution is -0.673. The summed E-state index contributed by atoms with van der Waals surface area (Å²) in [4.78, 5) is 24.9. The highest BCUT2D eigenvalue weighted by atomic mass is 127. The maximum atomic E-state index is 12.4. The number of halogens is 1. The maximum Gasteiger partial charge on any atom is 0.334 e. The van der Waals surface area contributed by atoms with E-state index in [1.165, 1.54) is 0 Å². The topological polar surface area (TPSA) is 108 Å². The molecule has 8 nitrogen and oxygen atoms in total. The lowest BCUT2D eigenvalue weighted by Gasteiger charge is -2.27. The molecule has 1 aromatic carbocycles. The Balaban J connectivity index is 0.00000363. The lowest BCUT2D eigenvalue weighted by atomic mass is 9.82. The number of pyridine rings is 1. The van der Waals surface area contributed by atoms with Crippen molar-refractivity contribution in [3.05, 3.63) is 59.9 Å². The average molecular weight is 572 g/mol. The standard InChI is InChI=1S/C22H28N4O4S.HI/c1-16-6-12-19(13-7-16)31(29,30)23-15-17-8-10-18(11-9-17)21(27)24-25-22(28)20-5-3-4-14-26(20)2;/h3-7,12-14,17-18,23,28H,8-11,15H2,1-2H3;1H. The third-order valence-electron chi connectivity index (χ3n) is 5.70. The van der Waals surface area contributed by atoms with Gasteiger partial charge in [0.2, 0.25) is 15.9 Å². The second-order valence-electron chi connectivity index (χ2n) is 8.02. The molecule has 1 fully saturated rings. The molecule has 2 amide bonds. The number of hydrogen-bond donors (Lipinski definition) is 3. The highest BCUT2D eigenvalue weighted by molar-refractivity contribution is 7.89. The molecule has 0 bridgehead atoms. The normalized spacial score (nSPS) is 18.3. The summed E-state index contributed by atoms with van der Waals surface area (Å²) in [6.07, 6.45) is 4.55. The predicted octanol–water partition coefficient (Wildman–Crippen LogP) is -1.63. The summed E-state index contributed by atoms with van der Waals surface area (Å²) in [5.41, 5.74) is 6.42. The number of nitrogens with zero attached hydrogens (tertiary/aromatic N) is 1. The Bertz CT molecular complexity index is 1040. The number of hydrogen-bond acceptors (Lipinski definition) is 4. The van der Waals surface area contributed by atoms with Gasteiger partial charge in [-0.15, -0.1) is 0 Å². The molecule has 1 heterocycles. The van der Waals surface area contributed by atoms with E-state index in [4.69, 9.17) is 0 Å². The van der Waals surface area contributed by atoms with E-state index in [0.717, 1.165) is 18.4 Å². The van der Waals surface area contributed by atoms with E-state index < -0.39 is 10.0 Å². The molecule has 0 saturated heterocycles. The van der Waals surface area contributed by atoms with E-state index in [2.05, 4.69) is 15.6 Å². The molecule has 32 heavy (non-hydrogen) atoms. The Labute approximate surface area is 206 Å². The number of sulfonamides is 1. The SMILES string of the molecule is Cc1ccc(S(=O)(=O)NCC2CCC(C(=O)NNC(=O)c3cccc[n+]3C)CC2)cc1.[I-]. The fourth-order valence-corrected chi connectivity index (χ4v) is 4.82. The first-order chi connectivity index (χ1) is 14.8. The van der Waals surface area contributed by atoms with E-state index in [1.54, 1.807) is 54.2 Å². The molecule has 2 aromatic rings. The molecule has 0 atom stereocenters. The van der Waals surface area contributed by atoms with Gasteiger partial charge < -0.3 is 24.0 Å². The second kappa shape index (κ2) is 11.7. The molecular formula is C22H29IN4O4S. The van der Waals surface area contributed by atoms with Gasteiger partial charge in [0.15, 0.2) is 6.20 Å².